The maximum absolute atomic E-state index is 12.4. The summed E-state index contributed by atoms with van der Waals surface area (Å²) in [4.78, 5) is 11.8. The Kier molecular flexibility index (Phi) is 4.59. The summed E-state index contributed by atoms with van der Waals surface area (Å²) in [7, 11) is -3.43. The van der Waals surface area contributed by atoms with Crippen LogP contribution in [0, 0.1) is 5.92 Å². The van der Waals surface area contributed by atoms with Gasteiger partial charge >= 0.3 is 0 Å². The molecule has 0 radical (unpaired) electrons. The van der Waals surface area contributed by atoms with Crippen LogP contribution in [0.5, 0.6) is 0 Å². The maximum Gasteiger partial charge on any atom is 0.252 e. The molecule has 1 aliphatic rings. The van der Waals surface area contributed by atoms with Crippen molar-refractivity contribution in [1.29, 1.82) is 0 Å². The minimum atomic E-state index is -3.43. The third kappa shape index (κ3) is 3.16. The van der Waals surface area contributed by atoms with Crippen molar-refractivity contribution in [2.45, 2.75) is 24.0 Å². The number of carbonyl (C=O) groups is 1. The molecule has 0 unspecified atom stereocenters. The van der Waals surface area contributed by atoms with E-state index in [0.29, 0.717) is 17.3 Å². The van der Waals surface area contributed by atoms with Crippen LogP contribution < -0.4 is 5.32 Å². The standard InChI is InChI=1S/C12H18N2O3S2/c1-2-13-12(15)10-5-3-7-14(9-10)19(16,17)11-6-4-8-18-11/h4,6,8,10H,2-3,5,7,9H2,1H3,(H,13,15)/t10-/m1/s1. The summed E-state index contributed by atoms with van der Waals surface area (Å²) >= 11 is 1.21. The topological polar surface area (TPSA) is 66.5 Å². The molecule has 1 saturated heterocycles. The van der Waals surface area contributed by atoms with Gasteiger partial charge in [-0.05, 0) is 31.2 Å². The van der Waals surface area contributed by atoms with Gasteiger partial charge in [0.05, 0.1) is 5.92 Å². The Labute approximate surface area is 117 Å². The van der Waals surface area contributed by atoms with Gasteiger partial charge in [-0.1, -0.05) is 6.07 Å². The van der Waals surface area contributed by atoms with Gasteiger partial charge < -0.3 is 5.32 Å². The van der Waals surface area contributed by atoms with Crippen LogP contribution in [0.2, 0.25) is 0 Å². The van der Waals surface area contributed by atoms with E-state index in [1.807, 2.05) is 6.92 Å². The number of hydrogen-bond donors (Lipinski definition) is 1. The highest BCUT2D eigenvalue weighted by atomic mass is 32.2. The molecule has 1 aliphatic heterocycles. The molecule has 1 N–H and O–H groups in total. The second kappa shape index (κ2) is 6.02. The summed E-state index contributed by atoms with van der Waals surface area (Å²) in [5, 5.41) is 4.51. The molecule has 1 fully saturated rings. The minimum absolute atomic E-state index is 0.0476. The zero-order chi connectivity index (χ0) is 13.9. The SMILES string of the molecule is CCNC(=O)[C@@H]1CCCN(S(=O)(=O)c2cccs2)C1. The molecule has 1 aromatic rings. The molecule has 2 heterocycles. The molecule has 0 aromatic carbocycles. The molecule has 7 heteroatoms. The highest BCUT2D eigenvalue weighted by Crippen LogP contribution is 2.26. The molecular formula is C12H18N2O3S2. The average Bonchev–Trinajstić information content (AvgIpc) is 2.94. The Balaban J connectivity index is 2.11. The molecule has 0 bridgehead atoms. The molecule has 106 valence electrons. The van der Waals surface area contributed by atoms with E-state index in [4.69, 9.17) is 0 Å². The van der Waals surface area contributed by atoms with Gasteiger partial charge in [-0.15, -0.1) is 11.3 Å². The van der Waals surface area contributed by atoms with Crippen LogP contribution in [0.25, 0.3) is 0 Å². The molecule has 1 atom stereocenters. The summed E-state index contributed by atoms with van der Waals surface area (Å²) < 4.78 is 26.5. The Bertz CT molecular complexity index is 525. The van der Waals surface area contributed by atoms with Crippen molar-refractivity contribution in [2.75, 3.05) is 19.6 Å². The highest BCUT2D eigenvalue weighted by molar-refractivity contribution is 7.91. The van der Waals surface area contributed by atoms with Crippen LogP contribution in [0.4, 0.5) is 0 Å². The number of nitrogens with zero attached hydrogens (tertiary/aromatic N) is 1. The summed E-state index contributed by atoms with van der Waals surface area (Å²) in [6.45, 7) is 3.22. The zero-order valence-corrected chi connectivity index (χ0v) is 12.5. The van der Waals surface area contributed by atoms with E-state index in [1.165, 1.54) is 15.6 Å². The van der Waals surface area contributed by atoms with Crippen molar-refractivity contribution in [3.63, 3.8) is 0 Å². The van der Waals surface area contributed by atoms with E-state index < -0.39 is 10.0 Å². The van der Waals surface area contributed by atoms with Gasteiger partial charge in [0.1, 0.15) is 4.21 Å². The van der Waals surface area contributed by atoms with E-state index in [9.17, 15) is 13.2 Å². The van der Waals surface area contributed by atoms with E-state index in [2.05, 4.69) is 5.32 Å². The number of carbonyl (C=O) groups excluding carboxylic acids is 1. The quantitative estimate of drug-likeness (QED) is 0.911. The number of nitrogens with one attached hydrogen (secondary N) is 1. The van der Waals surface area contributed by atoms with Crippen molar-refractivity contribution < 1.29 is 13.2 Å². The van der Waals surface area contributed by atoms with Crippen LogP contribution >= 0.6 is 11.3 Å². The first-order valence-electron chi connectivity index (χ1n) is 6.37. The maximum atomic E-state index is 12.4. The van der Waals surface area contributed by atoms with Crippen LogP contribution in [-0.2, 0) is 14.8 Å². The van der Waals surface area contributed by atoms with Gasteiger partial charge in [0.25, 0.3) is 10.0 Å². The Morgan fingerprint density at radius 3 is 3.00 bits per heavy atom. The summed E-state index contributed by atoms with van der Waals surface area (Å²) in [5.41, 5.74) is 0. The third-order valence-corrected chi connectivity index (χ3v) is 6.43. The first-order chi connectivity index (χ1) is 9.05. The lowest BCUT2D eigenvalue weighted by Crippen LogP contribution is -2.45. The Hall–Kier alpha value is -0.920. The predicted molar refractivity (Wildman–Crippen MR) is 74.5 cm³/mol. The fourth-order valence-electron chi connectivity index (χ4n) is 2.23. The largest absolute Gasteiger partial charge is 0.356 e. The van der Waals surface area contributed by atoms with E-state index in [0.717, 1.165) is 12.8 Å². The average molecular weight is 302 g/mol. The van der Waals surface area contributed by atoms with Crippen LogP contribution in [0.3, 0.4) is 0 Å². The lowest BCUT2D eigenvalue weighted by molar-refractivity contribution is -0.125. The van der Waals surface area contributed by atoms with Crippen molar-refractivity contribution >= 4 is 27.3 Å². The van der Waals surface area contributed by atoms with Gasteiger partial charge in [-0.3, -0.25) is 4.79 Å². The van der Waals surface area contributed by atoms with Gasteiger partial charge in [-0.25, -0.2) is 8.42 Å². The second-order valence-corrected chi connectivity index (χ2v) is 7.64. The fourth-order valence-corrected chi connectivity index (χ4v) is 4.90. The van der Waals surface area contributed by atoms with Crippen LogP contribution in [-0.4, -0.2) is 38.3 Å². The fraction of sp³-hybridized carbons (Fsp3) is 0.583. The lowest BCUT2D eigenvalue weighted by Gasteiger charge is -2.30. The lowest BCUT2D eigenvalue weighted by atomic mass is 9.99. The number of rotatable bonds is 4. The molecule has 2 rings (SSSR count). The van der Waals surface area contributed by atoms with Gasteiger partial charge in [0.15, 0.2) is 0 Å². The summed E-state index contributed by atoms with van der Waals surface area (Å²) in [6, 6.07) is 3.33. The number of amides is 1. The number of piperidine rings is 1. The van der Waals surface area contributed by atoms with Crippen molar-refractivity contribution in [3.8, 4) is 0 Å². The number of sulfonamides is 1. The van der Waals surface area contributed by atoms with E-state index in [-0.39, 0.29) is 18.4 Å². The minimum Gasteiger partial charge on any atom is -0.356 e. The Morgan fingerprint density at radius 1 is 1.58 bits per heavy atom. The molecule has 1 amide bonds. The number of hydrogen-bond acceptors (Lipinski definition) is 4. The predicted octanol–water partition coefficient (Wildman–Crippen LogP) is 1.28. The second-order valence-electron chi connectivity index (χ2n) is 4.53. The highest BCUT2D eigenvalue weighted by Gasteiger charge is 2.33. The van der Waals surface area contributed by atoms with E-state index >= 15 is 0 Å². The molecule has 19 heavy (non-hydrogen) atoms. The summed E-state index contributed by atoms with van der Waals surface area (Å²) in [6.07, 6.45) is 1.48. The van der Waals surface area contributed by atoms with Gasteiger partial charge in [-0.2, -0.15) is 4.31 Å². The molecular weight excluding hydrogens is 284 g/mol. The molecule has 0 saturated carbocycles. The van der Waals surface area contributed by atoms with Crippen molar-refractivity contribution in [2.24, 2.45) is 5.92 Å². The van der Waals surface area contributed by atoms with Crippen molar-refractivity contribution in [1.82, 2.24) is 9.62 Å². The molecule has 5 nitrogen and oxygen atoms in total. The molecule has 0 aliphatic carbocycles. The Morgan fingerprint density at radius 2 is 2.37 bits per heavy atom. The smallest absolute Gasteiger partial charge is 0.252 e. The first kappa shape index (κ1) is 14.5. The third-order valence-electron chi connectivity index (χ3n) is 3.20. The first-order valence-corrected chi connectivity index (χ1v) is 8.69. The number of thiophene rings is 1. The van der Waals surface area contributed by atoms with Crippen LogP contribution in [0.15, 0.2) is 21.7 Å². The van der Waals surface area contributed by atoms with Gasteiger partial charge in [0, 0.05) is 19.6 Å². The van der Waals surface area contributed by atoms with E-state index in [1.54, 1.807) is 17.5 Å². The van der Waals surface area contributed by atoms with Crippen LogP contribution in [0.1, 0.15) is 19.8 Å². The van der Waals surface area contributed by atoms with Crippen molar-refractivity contribution in [3.05, 3.63) is 17.5 Å². The normalized spacial score (nSPS) is 21.2. The molecule has 0 spiro atoms. The molecule has 1 aromatic heterocycles. The monoisotopic (exact) mass is 302 g/mol. The summed E-state index contributed by atoms with van der Waals surface area (Å²) in [5.74, 6) is -0.281. The van der Waals surface area contributed by atoms with Gasteiger partial charge in [0.2, 0.25) is 5.91 Å². The zero-order valence-electron chi connectivity index (χ0n) is 10.8.